The summed E-state index contributed by atoms with van der Waals surface area (Å²) in [7, 11) is 3.08. The van der Waals surface area contributed by atoms with E-state index in [1.54, 1.807) is 50.5 Å². The number of rotatable bonds is 11. The maximum Gasteiger partial charge on any atom is 0.338 e. The second-order valence-corrected chi connectivity index (χ2v) is 11.2. The van der Waals surface area contributed by atoms with Crippen molar-refractivity contribution in [3.8, 4) is 17.2 Å². The number of benzene rings is 2. The van der Waals surface area contributed by atoms with Crippen LogP contribution < -0.4 is 29.1 Å². The molecular weight excluding hydrogens is 632 g/mol. The van der Waals surface area contributed by atoms with Crippen LogP contribution in [0.15, 0.2) is 68.5 Å². The van der Waals surface area contributed by atoms with Crippen molar-refractivity contribution in [2.75, 3.05) is 27.4 Å². The number of carbonyl (C=O) groups is 1. The molecule has 41 heavy (non-hydrogen) atoms. The maximum absolute atomic E-state index is 14.1. The third kappa shape index (κ3) is 6.29. The van der Waals surface area contributed by atoms with Gasteiger partial charge >= 0.3 is 5.97 Å². The minimum absolute atomic E-state index is 0.175. The second-order valence-electron chi connectivity index (χ2n) is 8.93. The van der Waals surface area contributed by atoms with Gasteiger partial charge in [0.1, 0.15) is 18.4 Å². The van der Waals surface area contributed by atoms with Crippen molar-refractivity contribution in [2.45, 2.75) is 32.7 Å². The summed E-state index contributed by atoms with van der Waals surface area (Å²) in [4.78, 5) is 32.8. The van der Waals surface area contributed by atoms with Crippen molar-refractivity contribution < 1.29 is 23.7 Å². The number of esters is 1. The summed E-state index contributed by atoms with van der Waals surface area (Å²) in [6, 6.07) is 7.89. The first-order valence-electron chi connectivity index (χ1n) is 12.9. The Morgan fingerprint density at radius 2 is 1.95 bits per heavy atom. The predicted molar refractivity (Wildman–Crippen MR) is 164 cm³/mol. The van der Waals surface area contributed by atoms with E-state index in [9.17, 15) is 9.59 Å². The zero-order valence-electron chi connectivity index (χ0n) is 23.2. The van der Waals surface area contributed by atoms with E-state index in [1.165, 1.54) is 23.0 Å². The lowest BCUT2D eigenvalue weighted by molar-refractivity contribution is -0.139. The van der Waals surface area contributed by atoms with E-state index in [0.717, 1.165) is 6.42 Å². The molecule has 0 amide bonds. The quantitative estimate of drug-likeness (QED) is 0.197. The average molecular weight is 662 g/mol. The Kier molecular flexibility index (Phi) is 10.1. The van der Waals surface area contributed by atoms with Gasteiger partial charge in [-0.15, -0.1) is 0 Å². The topological polar surface area (TPSA) is 88.4 Å². The van der Waals surface area contributed by atoms with E-state index in [-0.39, 0.29) is 12.2 Å². The van der Waals surface area contributed by atoms with E-state index in [1.807, 2.05) is 13.0 Å². The summed E-state index contributed by atoms with van der Waals surface area (Å²) >= 11 is 11.2. The van der Waals surface area contributed by atoms with E-state index in [2.05, 4.69) is 22.5 Å². The zero-order valence-corrected chi connectivity index (χ0v) is 26.3. The average Bonchev–Trinajstić information content (AvgIpc) is 3.25. The Morgan fingerprint density at radius 3 is 2.61 bits per heavy atom. The number of carbonyl (C=O) groups excluding carboxylic acids is 1. The number of fused-ring (bicyclic) bond motifs is 1. The Bertz CT molecular complexity index is 1690. The van der Waals surface area contributed by atoms with Crippen LogP contribution in [0, 0.1) is 0 Å². The van der Waals surface area contributed by atoms with Gasteiger partial charge in [0.2, 0.25) is 0 Å². The molecule has 0 unspecified atom stereocenters. The first-order chi connectivity index (χ1) is 19.8. The summed E-state index contributed by atoms with van der Waals surface area (Å²) in [5, 5.41) is 0.441. The lowest BCUT2D eigenvalue weighted by Gasteiger charge is -2.27. The molecule has 3 aromatic rings. The zero-order chi connectivity index (χ0) is 29.7. The predicted octanol–water partition coefficient (Wildman–Crippen LogP) is 5.58. The van der Waals surface area contributed by atoms with Crippen molar-refractivity contribution in [1.29, 1.82) is 0 Å². The van der Waals surface area contributed by atoms with Crippen LogP contribution in [-0.4, -0.2) is 38.0 Å². The van der Waals surface area contributed by atoms with Gasteiger partial charge in [-0.05, 0) is 71.2 Å². The highest BCUT2D eigenvalue weighted by Crippen LogP contribution is 2.39. The van der Waals surface area contributed by atoms with Gasteiger partial charge in [0.05, 0.1) is 41.1 Å². The van der Waals surface area contributed by atoms with Gasteiger partial charge in [0, 0.05) is 10.6 Å². The number of halogens is 2. The fourth-order valence-electron chi connectivity index (χ4n) is 4.59. The minimum Gasteiger partial charge on any atom is -0.496 e. The van der Waals surface area contributed by atoms with Crippen LogP contribution in [0.4, 0.5) is 0 Å². The molecular formula is C30H30BrClN2O6S. The summed E-state index contributed by atoms with van der Waals surface area (Å²) in [5.74, 6) is 0.973. The van der Waals surface area contributed by atoms with Crippen molar-refractivity contribution in [1.82, 2.24) is 4.57 Å². The summed E-state index contributed by atoms with van der Waals surface area (Å²) in [6.45, 7) is 7.91. The van der Waals surface area contributed by atoms with Gasteiger partial charge in [-0.2, -0.15) is 0 Å². The van der Waals surface area contributed by atoms with Gasteiger partial charge in [-0.3, -0.25) is 9.36 Å². The highest BCUT2D eigenvalue weighted by Gasteiger charge is 2.36. The van der Waals surface area contributed by atoms with Gasteiger partial charge in [0.25, 0.3) is 5.56 Å². The van der Waals surface area contributed by atoms with Crippen LogP contribution in [0.1, 0.15) is 43.9 Å². The van der Waals surface area contributed by atoms with Crippen LogP contribution in [0.5, 0.6) is 17.2 Å². The van der Waals surface area contributed by atoms with E-state index < -0.39 is 12.0 Å². The molecule has 0 fully saturated rings. The summed E-state index contributed by atoms with van der Waals surface area (Å²) in [5.41, 5.74) is 1.81. The molecule has 216 valence electrons. The number of methoxy groups -OCH3 is 2. The third-order valence-electron chi connectivity index (χ3n) is 6.27. The fraction of sp³-hybridized carbons (Fsp3) is 0.300. The number of allylic oxidation sites excluding steroid dienone is 1. The van der Waals surface area contributed by atoms with Crippen molar-refractivity contribution >= 4 is 50.9 Å². The Labute approximate surface area is 255 Å². The molecule has 0 N–H and O–H groups in total. The first-order valence-corrected chi connectivity index (χ1v) is 14.9. The van der Waals surface area contributed by atoms with Crippen LogP contribution >= 0.6 is 38.9 Å². The molecule has 8 nitrogen and oxygen atoms in total. The SMILES string of the molecule is C=CCOc1c(Br)cc(/C=c2/sc3n(c2=O)[C@H](c2cc(Cl)ccc2OC)C(C(=O)OCC)=C(CCC)N=3)cc1OC. The maximum atomic E-state index is 14.1. The van der Waals surface area contributed by atoms with Gasteiger partial charge < -0.3 is 18.9 Å². The van der Waals surface area contributed by atoms with Gasteiger partial charge in [0.15, 0.2) is 16.3 Å². The molecule has 0 saturated heterocycles. The molecule has 4 rings (SSSR count). The minimum atomic E-state index is -0.849. The molecule has 2 heterocycles. The Balaban J connectivity index is 2.00. The standard InChI is InChI=1S/C30H30BrClN2O6S/c1-6-9-21-25(29(36)39-8-3)26(19-16-18(32)10-11-22(19)37-4)34-28(35)24(41-30(34)33-21)15-17-13-20(31)27(40-12-7-2)23(14-17)38-5/h7,10-11,13-16,26H,2,6,8-9,12H2,1,3-5H3/b24-15+/t26-/m1/s1. The Hall–Kier alpha value is -3.34. The molecule has 0 radical (unpaired) electrons. The van der Waals surface area contributed by atoms with E-state index in [4.69, 9.17) is 35.5 Å². The highest BCUT2D eigenvalue weighted by atomic mass is 79.9. The summed E-state index contributed by atoms with van der Waals surface area (Å²) in [6.07, 6.45) is 4.66. The smallest absolute Gasteiger partial charge is 0.338 e. The molecule has 1 aliphatic heterocycles. The van der Waals surface area contributed by atoms with Crippen molar-refractivity contribution in [3.05, 3.63) is 94.6 Å². The molecule has 1 aliphatic rings. The summed E-state index contributed by atoms with van der Waals surface area (Å²) < 4.78 is 25.0. The lowest BCUT2D eigenvalue weighted by Crippen LogP contribution is -2.40. The lowest BCUT2D eigenvalue weighted by atomic mass is 9.93. The fourth-order valence-corrected chi connectivity index (χ4v) is 6.37. The molecule has 11 heteroatoms. The second kappa shape index (κ2) is 13.5. The number of ether oxygens (including phenoxy) is 4. The molecule has 0 bridgehead atoms. The third-order valence-corrected chi connectivity index (χ3v) is 8.08. The first kappa shape index (κ1) is 30.6. The number of aromatic nitrogens is 1. The monoisotopic (exact) mass is 660 g/mol. The van der Waals surface area contributed by atoms with Crippen molar-refractivity contribution in [3.63, 3.8) is 0 Å². The number of hydrogen-bond donors (Lipinski definition) is 0. The molecule has 1 aromatic heterocycles. The van der Waals surface area contributed by atoms with Crippen molar-refractivity contribution in [2.24, 2.45) is 4.99 Å². The number of nitrogens with zero attached hydrogens (tertiary/aromatic N) is 2. The van der Waals surface area contributed by atoms with E-state index >= 15 is 0 Å². The van der Waals surface area contributed by atoms with Gasteiger partial charge in [-0.1, -0.05) is 48.9 Å². The normalized spacial score (nSPS) is 14.8. The molecule has 1 atom stereocenters. The van der Waals surface area contributed by atoms with Crippen LogP contribution in [0.25, 0.3) is 6.08 Å². The van der Waals surface area contributed by atoms with Crippen LogP contribution in [0.2, 0.25) is 5.02 Å². The van der Waals surface area contributed by atoms with Crippen LogP contribution in [-0.2, 0) is 9.53 Å². The Morgan fingerprint density at radius 1 is 1.20 bits per heavy atom. The van der Waals surface area contributed by atoms with E-state index in [0.29, 0.717) is 71.5 Å². The van der Waals surface area contributed by atoms with Crippen LogP contribution in [0.3, 0.4) is 0 Å². The molecule has 0 spiro atoms. The van der Waals surface area contributed by atoms with Gasteiger partial charge in [-0.25, -0.2) is 9.79 Å². The molecule has 2 aromatic carbocycles. The largest absolute Gasteiger partial charge is 0.496 e. The number of thiazole rings is 1. The highest BCUT2D eigenvalue weighted by molar-refractivity contribution is 9.10. The molecule has 0 saturated carbocycles. The number of hydrogen-bond acceptors (Lipinski definition) is 8. The molecule has 0 aliphatic carbocycles.